The maximum Gasteiger partial charge on any atom is 0.273 e. The fraction of sp³-hybridized carbons (Fsp3) is 0.292. The van der Waals surface area contributed by atoms with Crippen molar-refractivity contribution < 1.29 is 28.3 Å². The van der Waals surface area contributed by atoms with Crippen LogP contribution in [0.4, 0.5) is 0 Å². The molecule has 1 aromatic heterocycles. The molecule has 0 aliphatic rings. The van der Waals surface area contributed by atoms with Crippen LogP contribution >= 0.6 is 0 Å². The summed E-state index contributed by atoms with van der Waals surface area (Å²) in [4.78, 5) is 27.2. The lowest BCUT2D eigenvalue weighted by molar-refractivity contribution is 0.0712. The molecule has 3 aromatic rings. The Balaban J connectivity index is 1.94. The second-order valence-corrected chi connectivity index (χ2v) is 7.10. The van der Waals surface area contributed by atoms with E-state index < -0.39 is 0 Å². The van der Waals surface area contributed by atoms with Crippen molar-refractivity contribution in [2.24, 2.45) is 0 Å². The van der Waals surface area contributed by atoms with E-state index in [4.69, 9.17) is 18.7 Å². The molecule has 2 aromatic carbocycles. The first-order valence-electron chi connectivity index (χ1n) is 10.4. The third-order valence-corrected chi connectivity index (χ3v) is 4.89. The van der Waals surface area contributed by atoms with Crippen molar-refractivity contribution in [2.45, 2.75) is 20.0 Å². The average molecular weight is 453 g/mol. The molecule has 0 unspecified atom stereocenters. The number of rotatable bonds is 10. The molecule has 33 heavy (non-hydrogen) atoms. The van der Waals surface area contributed by atoms with Gasteiger partial charge in [-0.1, -0.05) is 35.5 Å². The van der Waals surface area contributed by atoms with Crippen LogP contribution in [0.5, 0.6) is 17.2 Å². The van der Waals surface area contributed by atoms with Crippen LogP contribution in [0.3, 0.4) is 0 Å². The van der Waals surface area contributed by atoms with Gasteiger partial charge in [-0.2, -0.15) is 0 Å². The Labute approximate surface area is 192 Å². The molecule has 0 fully saturated rings. The van der Waals surface area contributed by atoms with E-state index >= 15 is 0 Å². The van der Waals surface area contributed by atoms with Crippen LogP contribution in [0.1, 0.15) is 39.1 Å². The van der Waals surface area contributed by atoms with Crippen molar-refractivity contribution in [1.29, 1.82) is 0 Å². The summed E-state index contributed by atoms with van der Waals surface area (Å²) in [7, 11) is 4.48. The van der Waals surface area contributed by atoms with Gasteiger partial charge in [0, 0.05) is 24.7 Å². The van der Waals surface area contributed by atoms with Gasteiger partial charge in [0.05, 0.1) is 27.9 Å². The lowest BCUT2D eigenvalue weighted by Gasteiger charge is -2.23. The van der Waals surface area contributed by atoms with Crippen molar-refractivity contribution in [3.05, 3.63) is 71.1 Å². The van der Waals surface area contributed by atoms with Crippen LogP contribution in [-0.4, -0.2) is 49.7 Å². The van der Waals surface area contributed by atoms with E-state index in [9.17, 15) is 9.59 Å². The zero-order valence-corrected chi connectivity index (χ0v) is 19.1. The standard InChI is InChI=1S/C24H27N3O6/c1-5-25-23(28)19-13-18(33-26-19)15-27(14-16-9-7-6-8-10-16)24(29)17-11-20(30-2)22(32-4)21(12-17)31-3/h6-13H,5,14-15H2,1-4H3,(H,25,28). The summed E-state index contributed by atoms with van der Waals surface area (Å²) in [6, 6.07) is 14.3. The molecule has 0 saturated heterocycles. The Kier molecular flexibility index (Phi) is 7.91. The molecule has 174 valence electrons. The van der Waals surface area contributed by atoms with Crippen LogP contribution in [0.15, 0.2) is 53.1 Å². The van der Waals surface area contributed by atoms with Gasteiger partial charge in [0.1, 0.15) is 0 Å². The zero-order valence-electron chi connectivity index (χ0n) is 19.1. The minimum Gasteiger partial charge on any atom is -0.493 e. The van der Waals surface area contributed by atoms with Crippen LogP contribution in [-0.2, 0) is 13.1 Å². The Hall–Kier alpha value is -4.01. The van der Waals surface area contributed by atoms with Gasteiger partial charge in [-0.05, 0) is 24.6 Å². The van der Waals surface area contributed by atoms with Crippen LogP contribution in [0, 0.1) is 0 Å². The maximum absolute atomic E-state index is 13.6. The summed E-state index contributed by atoms with van der Waals surface area (Å²) in [5.41, 5.74) is 1.44. The van der Waals surface area contributed by atoms with Gasteiger partial charge >= 0.3 is 0 Å². The van der Waals surface area contributed by atoms with Gasteiger partial charge in [-0.15, -0.1) is 0 Å². The third-order valence-electron chi connectivity index (χ3n) is 4.89. The number of nitrogens with one attached hydrogen (secondary N) is 1. The van der Waals surface area contributed by atoms with Gasteiger partial charge in [0.25, 0.3) is 11.8 Å². The van der Waals surface area contributed by atoms with Gasteiger partial charge in [-0.3, -0.25) is 9.59 Å². The topological polar surface area (TPSA) is 103 Å². The molecule has 1 heterocycles. The predicted molar refractivity (Wildman–Crippen MR) is 121 cm³/mol. The Morgan fingerprint density at radius 1 is 0.970 bits per heavy atom. The Morgan fingerprint density at radius 2 is 1.64 bits per heavy atom. The minimum absolute atomic E-state index is 0.108. The van der Waals surface area contributed by atoms with E-state index in [0.29, 0.717) is 41.7 Å². The minimum atomic E-state index is -0.335. The van der Waals surface area contributed by atoms with E-state index in [2.05, 4.69) is 10.5 Å². The number of ether oxygens (including phenoxy) is 3. The summed E-state index contributed by atoms with van der Waals surface area (Å²) in [6.07, 6.45) is 0. The number of aromatic nitrogens is 1. The molecule has 0 atom stereocenters. The highest BCUT2D eigenvalue weighted by molar-refractivity contribution is 5.96. The number of nitrogens with zero attached hydrogens (tertiary/aromatic N) is 2. The van der Waals surface area contributed by atoms with Crippen molar-refractivity contribution in [3.63, 3.8) is 0 Å². The Bertz CT molecular complexity index is 1070. The van der Waals surface area contributed by atoms with Gasteiger partial charge < -0.3 is 29.0 Å². The largest absolute Gasteiger partial charge is 0.493 e. The number of benzene rings is 2. The highest BCUT2D eigenvalue weighted by Crippen LogP contribution is 2.38. The van der Waals surface area contributed by atoms with Crippen molar-refractivity contribution in [3.8, 4) is 17.2 Å². The molecule has 0 saturated carbocycles. The van der Waals surface area contributed by atoms with Crippen LogP contribution in [0.25, 0.3) is 0 Å². The van der Waals surface area contributed by atoms with Crippen LogP contribution < -0.4 is 19.5 Å². The lowest BCUT2D eigenvalue weighted by atomic mass is 10.1. The monoisotopic (exact) mass is 453 g/mol. The van der Waals surface area contributed by atoms with Gasteiger partial charge in [0.15, 0.2) is 23.0 Å². The van der Waals surface area contributed by atoms with E-state index in [1.165, 1.54) is 27.4 Å². The number of methoxy groups -OCH3 is 3. The quantitative estimate of drug-likeness (QED) is 0.502. The molecule has 9 heteroatoms. The summed E-state index contributed by atoms with van der Waals surface area (Å²) in [5.74, 6) is 0.907. The highest BCUT2D eigenvalue weighted by atomic mass is 16.5. The normalized spacial score (nSPS) is 10.4. The summed E-state index contributed by atoms with van der Waals surface area (Å²) < 4.78 is 21.5. The number of amides is 2. The smallest absolute Gasteiger partial charge is 0.273 e. The number of hydrogen-bond acceptors (Lipinski definition) is 7. The number of carbonyl (C=O) groups is 2. The fourth-order valence-electron chi connectivity index (χ4n) is 3.32. The molecule has 3 rings (SSSR count). The number of carbonyl (C=O) groups excluding carboxylic acids is 2. The van der Waals surface area contributed by atoms with Gasteiger partial charge in [0.2, 0.25) is 5.75 Å². The van der Waals surface area contributed by atoms with E-state index in [-0.39, 0.29) is 24.1 Å². The summed E-state index contributed by atoms with van der Waals surface area (Å²) in [6.45, 7) is 2.71. The lowest BCUT2D eigenvalue weighted by Crippen LogP contribution is -2.30. The fourth-order valence-corrected chi connectivity index (χ4v) is 3.32. The first kappa shape index (κ1) is 23.6. The van der Waals surface area contributed by atoms with E-state index in [1.807, 2.05) is 37.3 Å². The van der Waals surface area contributed by atoms with Gasteiger partial charge in [-0.25, -0.2) is 0 Å². The van der Waals surface area contributed by atoms with Crippen LogP contribution in [0.2, 0.25) is 0 Å². The second-order valence-electron chi connectivity index (χ2n) is 7.10. The van der Waals surface area contributed by atoms with Crippen molar-refractivity contribution in [2.75, 3.05) is 27.9 Å². The molecule has 0 spiro atoms. The van der Waals surface area contributed by atoms with E-state index in [1.54, 1.807) is 17.0 Å². The summed E-state index contributed by atoms with van der Waals surface area (Å²) >= 11 is 0. The molecule has 0 radical (unpaired) electrons. The molecular weight excluding hydrogens is 426 g/mol. The summed E-state index contributed by atoms with van der Waals surface area (Å²) in [5, 5.41) is 6.49. The Morgan fingerprint density at radius 3 is 2.21 bits per heavy atom. The molecule has 0 aliphatic heterocycles. The third kappa shape index (κ3) is 5.62. The average Bonchev–Trinajstić information content (AvgIpc) is 3.31. The van der Waals surface area contributed by atoms with Crippen molar-refractivity contribution >= 4 is 11.8 Å². The molecule has 9 nitrogen and oxygen atoms in total. The zero-order chi connectivity index (χ0) is 23.8. The molecular formula is C24H27N3O6. The second kappa shape index (κ2) is 11.0. The maximum atomic E-state index is 13.6. The first-order valence-corrected chi connectivity index (χ1v) is 10.4. The van der Waals surface area contributed by atoms with Crippen molar-refractivity contribution in [1.82, 2.24) is 15.4 Å². The molecule has 0 aliphatic carbocycles. The predicted octanol–water partition coefficient (Wildman–Crippen LogP) is 3.29. The first-order chi connectivity index (χ1) is 16.0. The SMILES string of the molecule is CCNC(=O)c1cc(CN(Cc2ccccc2)C(=O)c2cc(OC)c(OC)c(OC)c2)on1. The highest BCUT2D eigenvalue weighted by Gasteiger charge is 2.23. The molecule has 0 bridgehead atoms. The molecule has 2 amide bonds. The molecule has 1 N–H and O–H groups in total. The van der Waals surface area contributed by atoms with E-state index in [0.717, 1.165) is 5.56 Å². The number of hydrogen-bond donors (Lipinski definition) is 1.